The minimum atomic E-state index is -0.258. The monoisotopic (exact) mass is 672 g/mol. The van der Waals surface area contributed by atoms with Gasteiger partial charge < -0.3 is 20.1 Å². The van der Waals surface area contributed by atoms with Gasteiger partial charge in [0.25, 0.3) is 5.91 Å². The average Bonchev–Trinajstić information content (AvgIpc) is 3.09. The van der Waals surface area contributed by atoms with Crippen molar-refractivity contribution in [1.82, 2.24) is 15.2 Å². The maximum absolute atomic E-state index is 13.4. The van der Waals surface area contributed by atoms with Crippen LogP contribution in [0.5, 0.6) is 0 Å². The zero-order valence-electron chi connectivity index (χ0n) is 28.9. The summed E-state index contributed by atoms with van der Waals surface area (Å²) in [6, 6.07) is 33.3. The molecule has 50 heavy (non-hydrogen) atoms. The largest absolute Gasteiger partial charge is 0.466 e. The van der Waals surface area contributed by atoms with E-state index in [4.69, 9.17) is 9.47 Å². The Kier molecular flexibility index (Phi) is 12.7. The number of nitrogens with zero attached hydrogens (tertiary/aromatic N) is 2. The lowest BCUT2D eigenvalue weighted by atomic mass is 10.1. The highest BCUT2D eigenvalue weighted by atomic mass is 16.5. The number of amides is 1. The molecule has 0 aliphatic carbocycles. The maximum Gasteiger partial charge on any atom is 0.310 e. The fourth-order valence-electron chi connectivity index (χ4n) is 5.90. The normalized spacial score (nSPS) is 11.0. The molecular formula is C41H44N4O5. The van der Waals surface area contributed by atoms with E-state index >= 15 is 0 Å². The Bertz CT molecular complexity index is 1880. The van der Waals surface area contributed by atoms with Crippen molar-refractivity contribution in [3.05, 3.63) is 137 Å². The molecule has 0 unspecified atom stereocenters. The van der Waals surface area contributed by atoms with Gasteiger partial charge in [0.1, 0.15) is 0 Å². The van der Waals surface area contributed by atoms with Crippen molar-refractivity contribution >= 4 is 40.1 Å². The van der Waals surface area contributed by atoms with Crippen LogP contribution >= 0.6 is 0 Å². The molecular weight excluding hydrogens is 628 g/mol. The molecule has 5 aromatic rings. The summed E-state index contributed by atoms with van der Waals surface area (Å²) in [7, 11) is 0. The summed E-state index contributed by atoms with van der Waals surface area (Å²) < 4.78 is 10.3. The molecule has 4 aromatic carbocycles. The number of aromatic nitrogens is 1. The van der Waals surface area contributed by atoms with E-state index in [2.05, 4.69) is 20.5 Å². The lowest BCUT2D eigenvalue weighted by Gasteiger charge is -2.23. The number of rotatable bonds is 16. The Labute approximate surface area is 293 Å². The van der Waals surface area contributed by atoms with E-state index in [-0.39, 0.29) is 30.7 Å². The van der Waals surface area contributed by atoms with Gasteiger partial charge in [-0.1, -0.05) is 72.8 Å². The number of benzene rings is 4. The van der Waals surface area contributed by atoms with Gasteiger partial charge in [-0.25, -0.2) is 0 Å². The number of fused-ring (bicyclic) bond motifs is 1. The Morgan fingerprint density at radius 2 is 1.30 bits per heavy atom. The number of carbonyl (C=O) groups is 3. The van der Waals surface area contributed by atoms with E-state index in [9.17, 15) is 14.4 Å². The molecule has 0 saturated carbocycles. The first kappa shape index (κ1) is 35.8. The van der Waals surface area contributed by atoms with Crippen molar-refractivity contribution in [1.29, 1.82) is 0 Å². The fraction of sp³-hybridized carbons (Fsp3) is 0.268. The molecule has 5 rings (SSSR count). The number of pyridine rings is 1. The number of nitrogens with one attached hydrogen (secondary N) is 2. The molecule has 0 bridgehead atoms. The SMILES string of the molecule is CCOC(=O)Cc1cccc(CN(CCNC(=O)c2cccc(Nc3cc(C)nc4ccccc34)c2)Cc2cccc(CC(=O)OCC)c2)c1. The lowest BCUT2D eigenvalue weighted by Crippen LogP contribution is -2.34. The third-order valence-corrected chi connectivity index (χ3v) is 8.06. The Morgan fingerprint density at radius 1 is 0.700 bits per heavy atom. The third kappa shape index (κ3) is 10.5. The van der Waals surface area contributed by atoms with Gasteiger partial charge in [0.15, 0.2) is 0 Å². The highest BCUT2D eigenvalue weighted by Crippen LogP contribution is 2.27. The van der Waals surface area contributed by atoms with Crippen molar-refractivity contribution < 1.29 is 23.9 Å². The number of carbonyl (C=O) groups excluding carboxylic acids is 3. The molecule has 0 spiro atoms. The quantitative estimate of drug-likeness (QED) is 0.109. The van der Waals surface area contributed by atoms with Gasteiger partial charge in [-0.05, 0) is 73.4 Å². The first-order valence-corrected chi connectivity index (χ1v) is 17.0. The van der Waals surface area contributed by atoms with Gasteiger partial charge in [0.2, 0.25) is 0 Å². The van der Waals surface area contributed by atoms with Gasteiger partial charge in [-0.15, -0.1) is 0 Å². The molecule has 9 heteroatoms. The minimum absolute atomic E-state index is 0.169. The summed E-state index contributed by atoms with van der Waals surface area (Å²) in [5.74, 6) is -0.686. The van der Waals surface area contributed by atoms with Crippen LogP contribution in [0.2, 0.25) is 0 Å². The third-order valence-electron chi connectivity index (χ3n) is 8.06. The van der Waals surface area contributed by atoms with E-state index in [1.54, 1.807) is 19.9 Å². The molecule has 1 amide bonds. The predicted molar refractivity (Wildman–Crippen MR) is 196 cm³/mol. The van der Waals surface area contributed by atoms with E-state index in [1.165, 1.54) is 0 Å². The lowest BCUT2D eigenvalue weighted by molar-refractivity contribution is -0.143. The van der Waals surface area contributed by atoms with Crippen molar-refractivity contribution in [2.75, 3.05) is 31.6 Å². The highest BCUT2D eigenvalue weighted by Gasteiger charge is 2.13. The molecule has 0 aliphatic heterocycles. The molecule has 1 heterocycles. The van der Waals surface area contributed by atoms with Crippen LogP contribution in [0.15, 0.2) is 103 Å². The second kappa shape index (κ2) is 17.7. The van der Waals surface area contributed by atoms with Crippen LogP contribution in [-0.2, 0) is 45.0 Å². The standard InChI is InChI=1S/C41H44N4O5/c1-4-49-39(46)24-30-11-8-13-32(22-30)27-45(28-33-14-9-12-31(23-33)25-40(47)50-5-2)20-19-42-41(48)34-15-10-16-35(26-34)44-38-21-29(3)43-37-18-7-6-17-36(37)38/h6-18,21-23,26H,4-5,19-20,24-25,27-28H2,1-3H3,(H,42,48)(H,43,44). The summed E-state index contributed by atoms with van der Waals surface area (Å²) >= 11 is 0. The first-order valence-electron chi connectivity index (χ1n) is 17.0. The highest BCUT2D eigenvalue weighted by molar-refractivity contribution is 5.96. The van der Waals surface area contributed by atoms with Gasteiger partial charge in [0, 0.05) is 54.2 Å². The molecule has 1 aromatic heterocycles. The maximum atomic E-state index is 13.4. The summed E-state index contributed by atoms with van der Waals surface area (Å²) in [6.45, 7) is 8.40. The minimum Gasteiger partial charge on any atom is -0.466 e. The predicted octanol–water partition coefficient (Wildman–Crippen LogP) is 6.93. The summed E-state index contributed by atoms with van der Waals surface area (Å²) in [6.07, 6.45) is 0.414. The van der Waals surface area contributed by atoms with Crippen LogP contribution in [0, 0.1) is 6.92 Å². The van der Waals surface area contributed by atoms with Crippen LogP contribution in [0.1, 0.15) is 52.2 Å². The first-order chi connectivity index (χ1) is 24.3. The molecule has 0 fully saturated rings. The van der Waals surface area contributed by atoms with E-state index in [0.717, 1.165) is 50.2 Å². The molecule has 258 valence electrons. The van der Waals surface area contributed by atoms with Gasteiger partial charge >= 0.3 is 11.9 Å². The number of hydrogen-bond acceptors (Lipinski definition) is 8. The Balaban J connectivity index is 1.27. The van der Waals surface area contributed by atoms with Gasteiger partial charge in [0.05, 0.1) is 31.6 Å². The van der Waals surface area contributed by atoms with Crippen molar-refractivity contribution in [2.45, 2.75) is 46.7 Å². The van der Waals surface area contributed by atoms with E-state index in [1.807, 2.05) is 104 Å². The van der Waals surface area contributed by atoms with Crippen LogP contribution in [0.3, 0.4) is 0 Å². The van der Waals surface area contributed by atoms with E-state index < -0.39 is 0 Å². The Morgan fingerprint density at radius 3 is 1.94 bits per heavy atom. The summed E-state index contributed by atoms with van der Waals surface area (Å²) in [5.41, 5.74) is 7.94. The topological polar surface area (TPSA) is 110 Å². The van der Waals surface area contributed by atoms with Crippen LogP contribution in [-0.4, -0.2) is 54.0 Å². The van der Waals surface area contributed by atoms with Crippen molar-refractivity contribution in [3.63, 3.8) is 0 Å². The number of hydrogen-bond donors (Lipinski definition) is 2. The summed E-state index contributed by atoms with van der Waals surface area (Å²) in [5, 5.41) is 7.57. The average molecular weight is 673 g/mol. The number of para-hydroxylation sites is 1. The smallest absolute Gasteiger partial charge is 0.310 e. The van der Waals surface area contributed by atoms with E-state index in [0.29, 0.717) is 45.0 Å². The zero-order chi connectivity index (χ0) is 35.3. The van der Waals surface area contributed by atoms with Gasteiger partial charge in [-0.2, -0.15) is 0 Å². The number of anilines is 2. The molecule has 0 aliphatic rings. The molecule has 0 atom stereocenters. The van der Waals surface area contributed by atoms with Crippen molar-refractivity contribution in [3.8, 4) is 0 Å². The summed E-state index contributed by atoms with van der Waals surface area (Å²) in [4.78, 5) is 44.5. The molecule has 9 nitrogen and oxygen atoms in total. The zero-order valence-corrected chi connectivity index (χ0v) is 28.9. The second-order valence-corrected chi connectivity index (χ2v) is 12.1. The van der Waals surface area contributed by atoms with Crippen molar-refractivity contribution in [2.24, 2.45) is 0 Å². The number of aryl methyl sites for hydroxylation is 1. The number of esters is 2. The number of ether oxygens (including phenoxy) is 2. The van der Waals surface area contributed by atoms with Crippen LogP contribution < -0.4 is 10.6 Å². The fourth-order valence-corrected chi connectivity index (χ4v) is 5.90. The second-order valence-electron chi connectivity index (χ2n) is 12.1. The molecule has 2 N–H and O–H groups in total. The van der Waals surface area contributed by atoms with Crippen LogP contribution in [0.25, 0.3) is 10.9 Å². The molecule has 0 saturated heterocycles. The van der Waals surface area contributed by atoms with Gasteiger partial charge in [-0.3, -0.25) is 24.3 Å². The van der Waals surface area contributed by atoms with Crippen LogP contribution in [0.4, 0.5) is 11.4 Å². The Hall–Kier alpha value is -5.54. The molecule has 0 radical (unpaired) electrons.